The van der Waals surface area contributed by atoms with Gasteiger partial charge in [-0.2, -0.15) is 0 Å². The summed E-state index contributed by atoms with van der Waals surface area (Å²) in [7, 11) is 2.31. The van der Waals surface area contributed by atoms with Crippen LogP contribution >= 0.6 is 0 Å². The van der Waals surface area contributed by atoms with Gasteiger partial charge in [0.1, 0.15) is 12.2 Å². The fourth-order valence-electron chi connectivity index (χ4n) is 0.854. The fraction of sp³-hybridized carbons (Fsp3) is 0.750. The Kier molecular flexibility index (Phi) is 5.07. The lowest BCUT2D eigenvalue weighted by Gasteiger charge is -2.22. The minimum absolute atomic E-state index is 0.119. The molecule has 0 spiro atoms. The lowest BCUT2D eigenvalue weighted by atomic mass is 9.96. The summed E-state index contributed by atoms with van der Waals surface area (Å²) in [6.07, 6.45) is -0.255. The molecule has 0 saturated carbocycles. The van der Waals surface area contributed by atoms with E-state index in [2.05, 4.69) is 9.47 Å². The van der Waals surface area contributed by atoms with Crippen LogP contribution in [0.5, 0.6) is 0 Å². The Morgan fingerprint density at radius 2 is 1.93 bits per heavy atom. The quantitative estimate of drug-likeness (QED) is 0.630. The minimum Gasteiger partial charge on any atom is -0.469 e. The number of hydrogen-bond donors (Lipinski definition) is 1. The van der Waals surface area contributed by atoms with E-state index < -0.39 is 24.2 Å². The highest BCUT2D eigenvalue weighted by Gasteiger charge is 2.35. The summed E-state index contributed by atoms with van der Waals surface area (Å²) in [5, 5.41) is 0. The Bertz CT molecular complexity index is 221. The van der Waals surface area contributed by atoms with Gasteiger partial charge < -0.3 is 15.2 Å². The van der Waals surface area contributed by atoms with Crippen LogP contribution in [0.1, 0.15) is 12.8 Å². The van der Waals surface area contributed by atoms with Gasteiger partial charge in [-0.15, -0.1) is 0 Å². The predicted molar refractivity (Wildman–Crippen MR) is 46.2 cm³/mol. The topological polar surface area (TPSA) is 78.6 Å². The second-order valence-corrected chi connectivity index (χ2v) is 2.86. The van der Waals surface area contributed by atoms with Crippen molar-refractivity contribution in [3.8, 4) is 0 Å². The van der Waals surface area contributed by atoms with Gasteiger partial charge in [-0.05, 0) is 6.42 Å². The number of methoxy groups -OCH3 is 2. The van der Waals surface area contributed by atoms with Gasteiger partial charge in [0, 0.05) is 6.42 Å². The van der Waals surface area contributed by atoms with Gasteiger partial charge in [0.05, 0.1) is 14.2 Å². The zero-order valence-corrected chi connectivity index (χ0v) is 8.21. The average Bonchev–Trinajstić information content (AvgIpc) is 2.23. The van der Waals surface area contributed by atoms with Gasteiger partial charge in [-0.25, -0.2) is 9.18 Å². The molecule has 1 atom stereocenters. The Morgan fingerprint density at radius 3 is 2.29 bits per heavy atom. The Balaban J connectivity index is 4.26. The first-order chi connectivity index (χ1) is 6.50. The Morgan fingerprint density at radius 1 is 1.36 bits per heavy atom. The number of esters is 2. The molecule has 5 nitrogen and oxygen atoms in total. The highest BCUT2D eigenvalue weighted by atomic mass is 19.1. The van der Waals surface area contributed by atoms with Crippen molar-refractivity contribution in [2.24, 2.45) is 5.73 Å². The molecule has 0 rings (SSSR count). The van der Waals surface area contributed by atoms with Crippen molar-refractivity contribution in [3.63, 3.8) is 0 Å². The second kappa shape index (κ2) is 5.54. The Hall–Kier alpha value is -1.17. The third-order valence-electron chi connectivity index (χ3n) is 1.83. The molecule has 82 valence electrons. The number of alkyl halides is 1. The molecule has 0 radical (unpaired) electrons. The number of carbonyl (C=O) groups excluding carboxylic acids is 2. The second-order valence-electron chi connectivity index (χ2n) is 2.86. The van der Waals surface area contributed by atoms with E-state index in [-0.39, 0.29) is 12.8 Å². The maximum Gasteiger partial charge on any atom is 0.328 e. The molecule has 0 fully saturated rings. The van der Waals surface area contributed by atoms with Crippen LogP contribution in [0.25, 0.3) is 0 Å². The van der Waals surface area contributed by atoms with Crippen LogP contribution in [0.3, 0.4) is 0 Å². The van der Waals surface area contributed by atoms with E-state index in [1.54, 1.807) is 0 Å². The van der Waals surface area contributed by atoms with E-state index in [1.165, 1.54) is 7.11 Å². The van der Waals surface area contributed by atoms with E-state index in [4.69, 9.17) is 5.73 Å². The van der Waals surface area contributed by atoms with Crippen molar-refractivity contribution < 1.29 is 23.5 Å². The molecule has 0 aromatic rings. The van der Waals surface area contributed by atoms with Gasteiger partial charge in [-0.3, -0.25) is 4.79 Å². The van der Waals surface area contributed by atoms with Crippen LogP contribution in [0.2, 0.25) is 0 Å². The molecule has 0 amide bonds. The smallest absolute Gasteiger partial charge is 0.328 e. The summed E-state index contributed by atoms with van der Waals surface area (Å²) in [5.74, 6) is -1.42. The molecule has 0 aliphatic heterocycles. The molecule has 0 aromatic heterocycles. The summed E-state index contributed by atoms with van der Waals surface area (Å²) in [5.41, 5.74) is 3.65. The van der Waals surface area contributed by atoms with Crippen molar-refractivity contribution >= 4 is 11.9 Å². The molecule has 6 heteroatoms. The van der Waals surface area contributed by atoms with Crippen molar-refractivity contribution in [1.82, 2.24) is 0 Å². The van der Waals surface area contributed by atoms with Gasteiger partial charge in [0.2, 0.25) is 0 Å². The summed E-state index contributed by atoms with van der Waals surface area (Å²) < 4.78 is 21.1. The molecule has 0 saturated heterocycles. The number of carbonyl (C=O) groups is 2. The Labute approximate surface area is 81.3 Å². The molecule has 0 aliphatic rings. The highest BCUT2D eigenvalue weighted by Crippen LogP contribution is 2.13. The van der Waals surface area contributed by atoms with Crippen molar-refractivity contribution in [2.75, 3.05) is 20.9 Å². The summed E-state index contributed by atoms with van der Waals surface area (Å²) in [4.78, 5) is 21.8. The molecular weight excluding hydrogens is 193 g/mol. The normalized spacial score (nSPS) is 14.3. The molecule has 0 heterocycles. The minimum atomic E-state index is -1.75. The molecule has 2 N–H and O–H groups in total. The SMILES string of the molecule is COC(=O)CCC(N)(CF)C(=O)OC. The monoisotopic (exact) mass is 207 g/mol. The zero-order valence-electron chi connectivity index (χ0n) is 8.21. The van der Waals surface area contributed by atoms with Crippen molar-refractivity contribution in [3.05, 3.63) is 0 Å². The molecule has 14 heavy (non-hydrogen) atoms. The van der Waals surface area contributed by atoms with Crippen LogP contribution < -0.4 is 5.73 Å². The van der Waals surface area contributed by atoms with Crippen LogP contribution in [-0.2, 0) is 19.1 Å². The molecule has 0 aliphatic carbocycles. The molecule has 0 bridgehead atoms. The van der Waals surface area contributed by atoms with E-state index >= 15 is 0 Å². The van der Waals surface area contributed by atoms with E-state index in [9.17, 15) is 14.0 Å². The largest absolute Gasteiger partial charge is 0.469 e. The maximum atomic E-state index is 12.5. The molecule has 0 aromatic carbocycles. The maximum absolute atomic E-state index is 12.5. The molecular formula is C8H14FNO4. The predicted octanol–water partition coefficient (Wildman–Crippen LogP) is -0.220. The first kappa shape index (κ1) is 12.8. The first-order valence-corrected chi connectivity index (χ1v) is 4.00. The van der Waals surface area contributed by atoms with E-state index in [1.807, 2.05) is 0 Å². The number of halogens is 1. The summed E-state index contributed by atoms with van der Waals surface area (Å²) in [6.45, 7) is -1.07. The summed E-state index contributed by atoms with van der Waals surface area (Å²) >= 11 is 0. The summed E-state index contributed by atoms with van der Waals surface area (Å²) in [6, 6.07) is 0. The van der Waals surface area contributed by atoms with Crippen LogP contribution in [0, 0.1) is 0 Å². The van der Waals surface area contributed by atoms with E-state index in [0.29, 0.717) is 0 Å². The lowest BCUT2D eigenvalue weighted by molar-refractivity contribution is -0.149. The lowest BCUT2D eigenvalue weighted by Crippen LogP contribution is -2.51. The fourth-order valence-corrected chi connectivity index (χ4v) is 0.854. The standard InChI is InChI=1S/C8H14FNO4/c1-13-6(11)3-4-8(10,5-9)7(12)14-2/h3-5,10H2,1-2H3. The molecule has 1 unspecified atom stereocenters. The number of hydrogen-bond acceptors (Lipinski definition) is 5. The number of ether oxygens (including phenoxy) is 2. The average molecular weight is 207 g/mol. The van der Waals surface area contributed by atoms with Gasteiger partial charge in [-0.1, -0.05) is 0 Å². The first-order valence-electron chi connectivity index (χ1n) is 4.00. The zero-order chi connectivity index (χ0) is 11.2. The van der Waals surface area contributed by atoms with Crippen LogP contribution in [0.15, 0.2) is 0 Å². The highest BCUT2D eigenvalue weighted by molar-refractivity contribution is 5.81. The van der Waals surface area contributed by atoms with Gasteiger partial charge in [0.25, 0.3) is 0 Å². The van der Waals surface area contributed by atoms with Crippen molar-refractivity contribution in [1.29, 1.82) is 0 Å². The van der Waals surface area contributed by atoms with Crippen LogP contribution in [-0.4, -0.2) is 38.4 Å². The third-order valence-corrected chi connectivity index (χ3v) is 1.83. The van der Waals surface area contributed by atoms with Crippen molar-refractivity contribution in [2.45, 2.75) is 18.4 Å². The van der Waals surface area contributed by atoms with Gasteiger partial charge >= 0.3 is 11.9 Å². The number of rotatable bonds is 5. The number of nitrogens with two attached hydrogens (primary N) is 1. The third kappa shape index (κ3) is 3.29. The van der Waals surface area contributed by atoms with Gasteiger partial charge in [0.15, 0.2) is 0 Å². The van der Waals surface area contributed by atoms with Crippen LogP contribution in [0.4, 0.5) is 4.39 Å². The van der Waals surface area contributed by atoms with E-state index in [0.717, 1.165) is 7.11 Å².